The van der Waals surface area contributed by atoms with Gasteiger partial charge in [-0.2, -0.15) is 0 Å². The first-order valence-electron chi connectivity index (χ1n) is 9.50. The third-order valence-corrected chi connectivity index (χ3v) is 6.20. The summed E-state index contributed by atoms with van der Waals surface area (Å²) in [5.74, 6) is 1.11. The molecule has 0 aliphatic carbocycles. The van der Waals surface area contributed by atoms with Gasteiger partial charge in [0.1, 0.15) is 5.76 Å². The Kier molecular flexibility index (Phi) is 4.35. The van der Waals surface area contributed by atoms with Gasteiger partial charge in [-0.15, -0.1) is 0 Å². The van der Waals surface area contributed by atoms with Crippen molar-refractivity contribution in [1.82, 2.24) is 15.0 Å². The number of hydrogen-bond acceptors (Lipinski definition) is 4. The molecule has 138 valence electrons. The first-order chi connectivity index (χ1) is 12.5. The fourth-order valence-electron chi connectivity index (χ4n) is 4.54. The van der Waals surface area contributed by atoms with Gasteiger partial charge in [0.05, 0.1) is 17.7 Å². The molecule has 0 N–H and O–H groups in total. The van der Waals surface area contributed by atoms with Crippen LogP contribution in [-0.4, -0.2) is 40.5 Å². The van der Waals surface area contributed by atoms with Gasteiger partial charge in [0.15, 0.2) is 0 Å². The fraction of sp³-hybridized carbons (Fsp3) is 0.524. The topological polar surface area (TPSA) is 49.6 Å². The van der Waals surface area contributed by atoms with E-state index in [0.717, 1.165) is 49.5 Å². The summed E-state index contributed by atoms with van der Waals surface area (Å²) < 4.78 is 5.24. The molecule has 1 aromatic heterocycles. The van der Waals surface area contributed by atoms with Crippen molar-refractivity contribution in [1.29, 1.82) is 0 Å². The van der Waals surface area contributed by atoms with E-state index in [0.29, 0.717) is 18.5 Å². The van der Waals surface area contributed by atoms with E-state index in [-0.39, 0.29) is 5.41 Å². The van der Waals surface area contributed by atoms with Crippen molar-refractivity contribution >= 4 is 5.91 Å². The maximum absolute atomic E-state index is 13.0. The Hall–Kier alpha value is -2.14. The number of aromatic nitrogens is 1. The van der Waals surface area contributed by atoms with E-state index in [4.69, 9.17) is 4.52 Å². The molecule has 5 heteroatoms. The van der Waals surface area contributed by atoms with E-state index in [9.17, 15) is 4.79 Å². The monoisotopic (exact) mass is 353 g/mol. The van der Waals surface area contributed by atoms with Crippen LogP contribution in [0.5, 0.6) is 0 Å². The van der Waals surface area contributed by atoms with E-state index < -0.39 is 0 Å². The molecule has 4 rings (SSSR count). The minimum atomic E-state index is -0.194. The average Bonchev–Trinajstić information content (AvgIpc) is 2.99. The molecule has 2 saturated heterocycles. The number of carbonyl (C=O) groups excluding carboxylic acids is 1. The maximum Gasteiger partial charge on any atom is 0.232 e. The van der Waals surface area contributed by atoms with Crippen LogP contribution in [0.3, 0.4) is 0 Å². The number of benzene rings is 1. The molecule has 5 nitrogen and oxygen atoms in total. The Balaban J connectivity index is 1.44. The first-order valence-corrected chi connectivity index (χ1v) is 9.50. The fourth-order valence-corrected chi connectivity index (χ4v) is 4.54. The van der Waals surface area contributed by atoms with Gasteiger partial charge in [-0.25, -0.2) is 0 Å². The molecule has 2 aliphatic rings. The summed E-state index contributed by atoms with van der Waals surface area (Å²) in [5, 5.41) is 4.00. The maximum atomic E-state index is 13.0. The molecule has 1 amide bonds. The Labute approximate surface area is 155 Å². The van der Waals surface area contributed by atoms with Gasteiger partial charge in [-0.1, -0.05) is 35.5 Å². The van der Waals surface area contributed by atoms with Crippen LogP contribution in [-0.2, 0) is 11.3 Å². The van der Waals surface area contributed by atoms with Crippen molar-refractivity contribution < 1.29 is 9.32 Å². The number of piperidine rings is 1. The summed E-state index contributed by atoms with van der Waals surface area (Å²) in [6.07, 6.45) is 2.09. The van der Waals surface area contributed by atoms with Crippen molar-refractivity contribution in [2.24, 2.45) is 5.41 Å². The lowest BCUT2D eigenvalue weighted by Gasteiger charge is -2.54. The third kappa shape index (κ3) is 2.84. The van der Waals surface area contributed by atoms with Crippen molar-refractivity contribution in [3.8, 4) is 0 Å². The normalized spacial score (nSPS) is 24.7. The summed E-state index contributed by atoms with van der Waals surface area (Å²) in [6, 6.07) is 10.9. The predicted molar refractivity (Wildman–Crippen MR) is 99.5 cm³/mol. The molecule has 2 fully saturated rings. The third-order valence-electron chi connectivity index (χ3n) is 6.20. The van der Waals surface area contributed by atoms with Gasteiger partial charge in [-0.3, -0.25) is 9.69 Å². The lowest BCUT2D eigenvalue weighted by Crippen LogP contribution is -2.66. The van der Waals surface area contributed by atoms with Gasteiger partial charge in [0.2, 0.25) is 5.91 Å². The molecule has 2 atom stereocenters. The van der Waals surface area contributed by atoms with Gasteiger partial charge in [-0.05, 0) is 45.7 Å². The molecule has 2 aliphatic heterocycles. The Bertz CT molecular complexity index is 781. The number of carbonyl (C=O) groups is 1. The SMILES string of the molecule is Cc1noc(C)c1CN1CC2(CCCN(C(C)c3ccccc3)C2)C1=O. The highest BCUT2D eigenvalue weighted by molar-refractivity contribution is 5.89. The minimum Gasteiger partial charge on any atom is -0.361 e. The molecule has 0 saturated carbocycles. The second kappa shape index (κ2) is 6.54. The van der Waals surface area contributed by atoms with Crippen molar-refractivity contribution in [2.75, 3.05) is 19.6 Å². The highest BCUT2D eigenvalue weighted by atomic mass is 16.5. The molecular weight excluding hydrogens is 326 g/mol. The zero-order chi connectivity index (χ0) is 18.3. The molecule has 2 aromatic rings. The molecule has 26 heavy (non-hydrogen) atoms. The van der Waals surface area contributed by atoms with Crippen LogP contribution in [0, 0.1) is 19.3 Å². The Morgan fingerprint density at radius 3 is 2.65 bits per heavy atom. The second-order valence-electron chi connectivity index (χ2n) is 7.90. The predicted octanol–water partition coefficient (Wildman–Crippen LogP) is 3.48. The van der Waals surface area contributed by atoms with Crippen molar-refractivity contribution in [3.05, 3.63) is 52.9 Å². The van der Waals surface area contributed by atoms with E-state index in [2.05, 4.69) is 47.3 Å². The number of likely N-dealkylation sites (tertiary alicyclic amines) is 2. The van der Waals surface area contributed by atoms with Gasteiger partial charge < -0.3 is 9.42 Å². The summed E-state index contributed by atoms with van der Waals surface area (Å²) in [5.41, 5.74) is 3.07. The lowest BCUT2D eigenvalue weighted by atomic mass is 9.71. The zero-order valence-electron chi connectivity index (χ0n) is 15.9. The average molecular weight is 353 g/mol. The lowest BCUT2D eigenvalue weighted by molar-refractivity contribution is -0.168. The van der Waals surface area contributed by atoms with E-state index in [1.54, 1.807) is 0 Å². The largest absolute Gasteiger partial charge is 0.361 e. The van der Waals surface area contributed by atoms with Crippen LogP contribution in [0.25, 0.3) is 0 Å². The number of rotatable bonds is 4. The van der Waals surface area contributed by atoms with Crippen LogP contribution in [0.1, 0.15) is 48.4 Å². The zero-order valence-corrected chi connectivity index (χ0v) is 15.9. The summed E-state index contributed by atoms with van der Waals surface area (Å²) in [4.78, 5) is 17.5. The standard InChI is InChI=1S/C21H27N3O2/c1-15-19(17(3)26-22-15)12-24-14-21(20(24)25)10-7-11-23(13-21)16(2)18-8-5-4-6-9-18/h4-6,8-9,16H,7,10-14H2,1-3H3. The summed E-state index contributed by atoms with van der Waals surface area (Å²) in [7, 11) is 0. The highest BCUT2D eigenvalue weighted by Crippen LogP contribution is 2.43. The van der Waals surface area contributed by atoms with Crippen molar-refractivity contribution in [2.45, 2.75) is 46.2 Å². The number of hydrogen-bond donors (Lipinski definition) is 0. The van der Waals surface area contributed by atoms with Crippen LogP contribution in [0.4, 0.5) is 0 Å². The molecule has 3 heterocycles. The molecular formula is C21H27N3O2. The van der Waals surface area contributed by atoms with Gasteiger partial charge in [0.25, 0.3) is 0 Å². The van der Waals surface area contributed by atoms with E-state index >= 15 is 0 Å². The van der Waals surface area contributed by atoms with Crippen LogP contribution in [0.2, 0.25) is 0 Å². The summed E-state index contributed by atoms with van der Waals surface area (Å²) in [6.45, 7) is 9.49. The Morgan fingerprint density at radius 2 is 2.00 bits per heavy atom. The number of nitrogens with zero attached hydrogens (tertiary/aromatic N) is 3. The molecule has 1 spiro atoms. The molecule has 1 aromatic carbocycles. The quantitative estimate of drug-likeness (QED) is 0.790. The van der Waals surface area contributed by atoms with Gasteiger partial charge in [0, 0.05) is 24.7 Å². The number of amides is 1. The van der Waals surface area contributed by atoms with Crippen LogP contribution >= 0.6 is 0 Å². The Morgan fingerprint density at radius 1 is 1.23 bits per heavy atom. The molecule has 0 bridgehead atoms. The van der Waals surface area contributed by atoms with E-state index in [1.165, 1.54) is 5.56 Å². The molecule has 2 unspecified atom stereocenters. The van der Waals surface area contributed by atoms with Crippen molar-refractivity contribution in [3.63, 3.8) is 0 Å². The second-order valence-corrected chi connectivity index (χ2v) is 7.90. The molecule has 0 radical (unpaired) electrons. The first kappa shape index (κ1) is 17.3. The summed E-state index contributed by atoms with van der Waals surface area (Å²) >= 11 is 0. The highest BCUT2D eigenvalue weighted by Gasteiger charge is 2.54. The van der Waals surface area contributed by atoms with E-state index in [1.807, 2.05) is 18.7 Å². The number of β-lactam (4-membered cyclic amide) rings is 1. The number of aryl methyl sites for hydroxylation is 2. The smallest absolute Gasteiger partial charge is 0.232 e. The minimum absolute atomic E-state index is 0.194. The van der Waals surface area contributed by atoms with Gasteiger partial charge >= 0.3 is 0 Å². The van der Waals surface area contributed by atoms with Crippen LogP contribution < -0.4 is 0 Å². The van der Waals surface area contributed by atoms with Crippen LogP contribution in [0.15, 0.2) is 34.9 Å².